The van der Waals surface area contributed by atoms with E-state index in [1.165, 1.54) is 0 Å². The number of para-hydroxylation sites is 1. The number of ether oxygens (including phenoxy) is 1. The molecule has 0 atom stereocenters. The van der Waals surface area contributed by atoms with Crippen molar-refractivity contribution in [3.8, 4) is 56.0 Å². The molecule has 0 saturated carbocycles. The summed E-state index contributed by atoms with van der Waals surface area (Å²) in [5, 5.41) is 4.81. The van der Waals surface area contributed by atoms with E-state index in [1.807, 2.05) is 72.8 Å². The van der Waals surface area contributed by atoms with E-state index in [4.69, 9.17) is 7.48 Å². The van der Waals surface area contributed by atoms with Gasteiger partial charge < -0.3 is 4.74 Å². The fourth-order valence-electron chi connectivity index (χ4n) is 6.74. The van der Waals surface area contributed by atoms with Gasteiger partial charge in [-0.2, -0.15) is 0 Å². The average Bonchev–Trinajstić information content (AvgIpc) is 3.13. The van der Waals surface area contributed by atoms with E-state index in [2.05, 4.69) is 60.7 Å². The Bertz CT molecular complexity index is 2590. The van der Waals surface area contributed by atoms with E-state index < -0.39 is 0 Å². The predicted molar refractivity (Wildman–Crippen MR) is 181 cm³/mol. The molecule has 200 valence electrons. The molecule has 8 aromatic rings. The summed E-state index contributed by atoms with van der Waals surface area (Å²) in [6.45, 7) is 0. The third-order valence-corrected chi connectivity index (χ3v) is 8.58. The molecule has 0 aromatic heterocycles. The lowest BCUT2D eigenvalue weighted by molar-refractivity contribution is 0.487. The summed E-state index contributed by atoms with van der Waals surface area (Å²) in [5.74, 6) is 1.58. The van der Waals surface area contributed by atoms with Crippen LogP contribution in [-0.2, 0) is 0 Å². The van der Waals surface area contributed by atoms with E-state index in [0.29, 0.717) is 10.8 Å². The number of hydrogen-bond acceptors (Lipinski definition) is 1. The van der Waals surface area contributed by atoms with Crippen molar-refractivity contribution in [1.82, 2.24) is 0 Å². The molecule has 0 unspecified atom stereocenters. The zero-order valence-electron chi connectivity index (χ0n) is 27.1. The Morgan fingerprint density at radius 3 is 1.86 bits per heavy atom. The van der Waals surface area contributed by atoms with Crippen LogP contribution < -0.4 is 4.74 Å². The second-order valence-corrected chi connectivity index (χ2v) is 10.9. The highest BCUT2D eigenvalue weighted by atomic mass is 16.5. The lowest BCUT2D eigenvalue weighted by Gasteiger charge is -2.24. The Morgan fingerprint density at radius 2 is 1.00 bits per heavy atom. The molecule has 0 spiro atoms. The highest BCUT2D eigenvalue weighted by Gasteiger charge is 2.23. The normalized spacial score (nSPS) is 13.2. The van der Waals surface area contributed by atoms with Gasteiger partial charge in [0.05, 0.1) is 5.48 Å². The van der Waals surface area contributed by atoms with Crippen molar-refractivity contribution in [3.63, 3.8) is 0 Å². The van der Waals surface area contributed by atoms with Crippen LogP contribution in [0.25, 0.3) is 76.8 Å². The molecule has 0 amide bonds. The number of rotatable bonds is 3. The first-order valence-electron chi connectivity index (χ1n) is 16.4. The van der Waals surface area contributed by atoms with E-state index in [-0.39, 0.29) is 24.2 Å². The van der Waals surface area contributed by atoms with Crippen molar-refractivity contribution >= 4 is 32.3 Å². The molecule has 43 heavy (non-hydrogen) atoms. The molecule has 0 bridgehead atoms. The first-order valence-corrected chi connectivity index (χ1v) is 14.4. The summed E-state index contributed by atoms with van der Waals surface area (Å²) < 4.78 is 42.6. The number of fused-ring (bicyclic) bond motifs is 4. The lowest BCUT2D eigenvalue weighted by atomic mass is 9.83. The third kappa shape index (κ3) is 3.65. The van der Waals surface area contributed by atoms with E-state index in [0.717, 1.165) is 77.6 Å². The summed E-state index contributed by atoms with van der Waals surface area (Å²) in [4.78, 5) is 0. The highest BCUT2D eigenvalue weighted by Crippen LogP contribution is 2.51. The van der Waals surface area contributed by atoms with Gasteiger partial charge in [0.15, 0.2) is 0 Å². The first kappa shape index (κ1) is 20.3. The zero-order chi connectivity index (χ0) is 31.8. The van der Waals surface area contributed by atoms with E-state index >= 15 is 0 Å². The first-order chi connectivity index (χ1) is 23.0. The molecule has 1 heteroatoms. The Kier molecular flexibility index (Phi) is 4.45. The summed E-state index contributed by atoms with van der Waals surface area (Å²) >= 11 is 0. The molecule has 9 rings (SSSR count). The highest BCUT2D eigenvalue weighted by molar-refractivity contribution is 6.24. The molecular formula is C42H26O. The molecule has 0 saturated heterocycles. The summed E-state index contributed by atoms with van der Waals surface area (Å²) in [6.07, 6.45) is 0. The van der Waals surface area contributed by atoms with Crippen LogP contribution in [0.2, 0.25) is 0 Å². The average molecular weight is 551 g/mol. The minimum Gasteiger partial charge on any atom is -0.456 e. The molecule has 0 aliphatic carbocycles. The number of benzene rings is 8. The Balaban J connectivity index is 1.44. The van der Waals surface area contributed by atoms with Gasteiger partial charge in [-0.05, 0) is 84.1 Å². The second kappa shape index (κ2) is 9.44. The molecular weight excluding hydrogens is 520 g/mol. The fourth-order valence-corrected chi connectivity index (χ4v) is 6.74. The van der Waals surface area contributed by atoms with Crippen LogP contribution in [0.5, 0.6) is 11.5 Å². The Morgan fingerprint density at radius 1 is 0.395 bits per heavy atom. The van der Waals surface area contributed by atoms with Crippen LogP contribution >= 0.6 is 0 Å². The van der Waals surface area contributed by atoms with E-state index in [1.54, 1.807) is 0 Å². The smallest absolute Gasteiger partial charge is 0.135 e. The molecule has 0 N–H and O–H groups in total. The van der Waals surface area contributed by atoms with Crippen molar-refractivity contribution in [2.24, 2.45) is 0 Å². The van der Waals surface area contributed by atoms with Gasteiger partial charge >= 0.3 is 0 Å². The van der Waals surface area contributed by atoms with Crippen molar-refractivity contribution in [1.29, 1.82) is 0 Å². The minimum atomic E-state index is -0.247. The minimum absolute atomic E-state index is 0.0480. The monoisotopic (exact) mass is 550 g/mol. The summed E-state index contributed by atoms with van der Waals surface area (Å²) in [5.41, 5.74) is 7.58. The van der Waals surface area contributed by atoms with Crippen LogP contribution in [0.3, 0.4) is 0 Å². The maximum absolute atomic E-state index is 9.35. The zero-order valence-corrected chi connectivity index (χ0v) is 23.1. The van der Waals surface area contributed by atoms with E-state index in [9.17, 15) is 2.74 Å². The van der Waals surface area contributed by atoms with Gasteiger partial charge in [-0.15, -0.1) is 0 Å². The molecule has 0 fully saturated rings. The molecule has 1 aliphatic rings. The quantitative estimate of drug-likeness (QED) is 0.199. The molecule has 1 heterocycles. The van der Waals surface area contributed by atoms with Crippen molar-refractivity contribution < 1.29 is 10.2 Å². The molecule has 8 aromatic carbocycles. The summed E-state index contributed by atoms with van der Waals surface area (Å²) in [7, 11) is 0. The van der Waals surface area contributed by atoms with Gasteiger partial charge in [0.1, 0.15) is 11.5 Å². The number of hydrogen-bond donors (Lipinski definition) is 0. The molecule has 1 nitrogen and oxygen atoms in total. The van der Waals surface area contributed by atoms with Gasteiger partial charge in [0.25, 0.3) is 0 Å². The van der Waals surface area contributed by atoms with Crippen LogP contribution in [0.1, 0.15) is 5.48 Å². The fraction of sp³-hybridized carbons (Fsp3) is 0. The van der Waals surface area contributed by atoms with Gasteiger partial charge in [-0.25, -0.2) is 0 Å². The maximum Gasteiger partial charge on any atom is 0.135 e. The molecule has 0 radical (unpaired) electrons. The van der Waals surface area contributed by atoms with Crippen LogP contribution in [0, 0.1) is 0 Å². The Hall–Kier alpha value is -5.66. The maximum atomic E-state index is 9.35. The second-order valence-electron chi connectivity index (χ2n) is 10.9. The topological polar surface area (TPSA) is 9.23 Å². The standard InChI is InChI=1S/C42H26O/c1-2-12-27(13-3-1)28-14-10-15-29(26-28)40-31-17-4-6-19-33(31)41(34-20-7-5-18-32(34)40)37-25-24-36-30-16-8-9-22-38(30)43-39-23-11-21-35(37)42(36)39/h1-26H/i4D,6D,17D,19D. The lowest BCUT2D eigenvalue weighted by Crippen LogP contribution is -1.98. The van der Waals surface area contributed by atoms with Crippen LogP contribution in [0.4, 0.5) is 0 Å². The summed E-state index contributed by atoms with van der Waals surface area (Å²) in [6, 6.07) is 44.3. The van der Waals surface area contributed by atoms with Crippen LogP contribution in [0.15, 0.2) is 158 Å². The van der Waals surface area contributed by atoms with Gasteiger partial charge in [-0.3, -0.25) is 0 Å². The third-order valence-electron chi connectivity index (χ3n) is 8.58. The van der Waals surface area contributed by atoms with Gasteiger partial charge in [0, 0.05) is 10.9 Å². The molecule has 1 aliphatic heterocycles. The van der Waals surface area contributed by atoms with Crippen molar-refractivity contribution in [3.05, 3.63) is 158 Å². The predicted octanol–water partition coefficient (Wildman–Crippen LogP) is 11.9. The largest absolute Gasteiger partial charge is 0.456 e. The van der Waals surface area contributed by atoms with Crippen LogP contribution in [-0.4, -0.2) is 0 Å². The van der Waals surface area contributed by atoms with Crippen molar-refractivity contribution in [2.45, 2.75) is 0 Å². The van der Waals surface area contributed by atoms with Crippen molar-refractivity contribution in [2.75, 3.05) is 0 Å². The van der Waals surface area contributed by atoms with Gasteiger partial charge in [-0.1, -0.05) is 139 Å². The van der Waals surface area contributed by atoms with Gasteiger partial charge in [0.2, 0.25) is 0 Å². The Labute approximate surface area is 255 Å². The SMILES string of the molecule is [2H]c1c([2H])c([2H])c2c(-c3ccc4c5c(cccc35)Oc3ccccc3-4)c3ccccc3c(-c3cccc(-c4ccccc4)c3)c2c1[2H].